The van der Waals surface area contributed by atoms with E-state index in [0.717, 1.165) is 5.56 Å². The van der Waals surface area contributed by atoms with Gasteiger partial charge in [-0.1, -0.05) is 24.3 Å². The van der Waals surface area contributed by atoms with Gasteiger partial charge in [0.05, 0.1) is 31.4 Å². The van der Waals surface area contributed by atoms with Crippen LogP contribution < -0.4 is 9.47 Å². The highest BCUT2D eigenvalue weighted by Gasteiger charge is 2.46. The van der Waals surface area contributed by atoms with Crippen molar-refractivity contribution in [2.45, 2.75) is 12.6 Å². The second kappa shape index (κ2) is 8.93. The largest absolute Gasteiger partial charge is 0.507 e. The number of benzene rings is 2. The van der Waals surface area contributed by atoms with E-state index < -0.39 is 17.7 Å². The predicted octanol–water partition coefficient (Wildman–Crippen LogP) is 3.72. The second-order valence-corrected chi connectivity index (χ2v) is 7.26. The number of para-hydroxylation sites is 1. The van der Waals surface area contributed by atoms with E-state index in [1.807, 2.05) is 0 Å². The quantitative estimate of drug-likeness (QED) is 0.364. The van der Waals surface area contributed by atoms with Crippen molar-refractivity contribution in [2.24, 2.45) is 0 Å². The minimum absolute atomic E-state index is 0.0127. The van der Waals surface area contributed by atoms with Crippen LogP contribution in [0.2, 0.25) is 0 Å². The number of pyridine rings is 1. The van der Waals surface area contributed by atoms with Crippen LogP contribution in [0.25, 0.3) is 5.76 Å². The van der Waals surface area contributed by atoms with Gasteiger partial charge in [-0.3, -0.25) is 14.6 Å². The highest BCUT2D eigenvalue weighted by Crippen LogP contribution is 2.41. The lowest BCUT2D eigenvalue weighted by molar-refractivity contribution is -0.140. The van der Waals surface area contributed by atoms with Crippen LogP contribution in [-0.4, -0.2) is 40.9 Å². The van der Waals surface area contributed by atoms with Gasteiger partial charge in [0.1, 0.15) is 17.3 Å². The zero-order valence-electron chi connectivity index (χ0n) is 17.7. The lowest BCUT2D eigenvalue weighted by atomic mass is 9.95. The van der Waals surface area contributed by atoms with Crippen LogP contribution in [0.1, 0.15) is 22.7 Å². The van der Waals surface area contributed by atoms with Gasteiger partial charge in [-0.25, -0.2) is 0 Å². The summed E-state index contributed by atoms with van der Waals surface area (Å²) in [4.78, 5) is 31.7. The molecule has 1 aliphatic heterocycles. The van der Waals surface area contributed by atoms with Crippen LogP contribution in [0.3, 0.4) is 0 Å². The molecule has 7 nitrogen and oxygen atoms in total. The Morgan fingerprint density at radius 3 is 2.31 bits per heavy atom. The highest BCUT2D eigenvalue weighted by atomic mass is 16.5. The zero-order chi connectivity index (χ0) is 22.7. The van der Waals surface area contributed by atoms with Crippen molar-refractivity contribution in [1.82, 2.24) is 9.88 Å². The molecule has 2 heterocycles. The number of amides is 1. The number of rotatable bonds is 6. The first-order valence-electron chi connectivity index (χ1n) is 9.99. The van der Waals surface area contributed by atoms with Crippen LogP contribution in [0.5, 0.6) is 11.5 Å². The average molecular weight is 430 g/mol. The maximum Gasteiger partial charge on any atom is 0.295 e. The molecule has 162 valence electrons. The van der Waals surface area contributed by atoms with Crippen molar-refractivity contribution in [2.75, 3.05) is 14.2 Å². The van der Waals surface area contributed by atoms with Gasteiger partial charge in [0.15, 0.2) is 0 Å². The van der Waals surface area contributed by atoms with E-state index in [1.165, 1.54) is 12.0 Å². The van der Waals surface area contributed by atoms with Crippen LogP contribution in [0.4, 0.5) is 0 Å². The Hall–Kier alpha value is -4.13. The van der Waals surface area contributed by atoms with Crippen LogP contribution in [0, 0.1) is 0 Å². The standard InChI is InChI=1S/C25H22N2O5/c1-31-18-9-7-17(8-10-18)22-21(23(28)19-5-3-4-6-20(19)32-2)24(29)25(30)27(22)15-16-11-13-26-14-12-16/h3-14,22,28H,15H2,1-2H3/b23-21-. The van der Waals surface area contributed by atoms with Crippen LogP contribution in [-0.2, 0) is 16.1 Å². The first-order chi connectivity index (χ1) is 15.5. The molecule has 1 atom stereocenters. The van der Waals surface area contributed by atoms with Gasteiger partial charge in [0.25, 0.3) is 11.7 Å². The van der Waals surface area contributed by atoms with E-state index in [4.69, 9.17) is 9.47 Å². The van der Waals surface area contributed by atoms with Crippen molar-refractivity contribution in [3.05, 3.63) is 95.3 Å². The summed E-state index contributed by atoms with van der Waals surface area (Å²) in [5.74, 6) is -0.662. The molecule has 1 fully saturated rings. The summed E-state index contributed by atoms with van der Waals surface area (Å²) >= 11 is 0. The molecule has 1 amide bonds. The first kappa shape index (κ1) is 21.1. The van der Waals surface area contributed by atoms with Crippen LogP contribution >= 0.6 is 0 Å². The predicted molar refractivity (Wildman–Crippen MR) is 118 cm³/mol. The molecule has 1 saturated heterocycles. The number of hydrogen-bond donors (Lipinski definition) is 1. The lowest BCUT2D eigenvalue weighted by Gasteiger charge is -2.25. The second-order valence-electron chi connectivity index (χ2n) is 7.26. The number of likely N-dealkylation sites (tertiary alicyclic amines) is 1. The lowest BCUT2D eigenvalue weighted by Crippen LogP contribution is -2.29. The number of aromatic nitrogens is 1. The minimum atomic E-state index is -0.779. The fourth-order valence-electron chi connectivity index (χ4n) is 3.85. The number of carbonyl (C=O) groups excluding carboxylic acids is 2. The zero-order valence-corrected chi connectivity index (χ0v) is 17.7. The maximum absolute atomic E-state index is 13.1. The van der Waals surface area contributed by atoms with Crippen molar-refractivity contribution in [1.29, 1.82) is 0 Å². The third-order valence-corrected chi connectivity index (χ3v) is 5.44. The Morgan fingerprint density at radius 2 is 1.66 bits per heavy atom. The Bertz CT molecular complexity index is 1170. The summed E-state index contributed by atoms with van der Waals surface area (Å²) in [6.07, 6.45) is 3.26. The monoisotopic (exact) mass is 430 g/mol. The molecule has 32 heavy (non-hydrogen) atoms. The Labute approximate surface area is 185 Å². The molecule has 2 aromatic carbocycles. The molecule has 7 heteroatoms. The number of aliphatic hydroxyl groups is 1. The number of hydrogen-bond acceptors (Lipinski definition) is 6. The Kier molecular flexibility index (Phi) is 5.89. The number of carbonyl (C=O) groups is 2. The highest BCUT2D eigenvalue weighted by molar-refractivity contribution is 6.46. The first-order valence-corrected chi connectivity index (χ1v) is 9.99. The number of Topliss-reactive ketones (excluding diaryl/α,β-unsaturated/α-hetero) is 1. The summed E-state index contributed by atoms with van der Waals surface area (Å²) in [5.41, 5.74) is 1.85. The number of ketones is 1. The molecule has 0 bridgehead atoms. The molecule has 3 aromatic rings. The van der Waals surface area contributed by atoms with Crippen molar-refractivity contribution < 1.29 is 24.2 Å². The molecule has 1 unspecified atom stereocenters. The Morgan fingerprint density at radius 1 is 0.969 bits per heavy atom. The topological polar surface area (TPSA) is 89.0 Å². The third-order valence-electron chi connectivity index (χ3n) is 5.44. The summed E-state index contributed by atoms with van der Waals surface area (Å²) in [5, 5.41) is 11.2. The normalized spacial score (nSPS) is 17.4. The van der Waals surface area contributed by atoms with Crippen LogP contribution in [0.15, 0.2) is 78.6 Å². The molecular weight excluding hydrogens is 408 g/mol. The van der Waals surface area contributed by atoms with Gasteiger partial charge in [-0.2, -0.15) is 0 Å². The molecule has 0 saturated carbocycles. The third kappa shape index (κ3) is 3.80. The number of nitrogens with zero attached hydrogens (tertiary/aromatic N) is 2. The summed E-state index contributed by atoms with van der Waals surface area (Å²) < 4.78 is 10.6. The number of ether oxygens (including phenoxy) is 2. The molecule has 4 rings (SSSR count). The van der Waals surface area contributed by atoms with Gasteiger partial charge in [0.2, 0.25) is 0 Å². The van der Waals surface area contributed by atoms with Gasteiger partial charge in [0, 0.05) is 18.9 Å². The average Bonchev–Trinajstić information content (AvgIpc) is 3.09. The number of aliphatic hydroxyl groups excluding tert-OH is 1. The van der Waals surface area contributed by atoms with Gasteiger partial charge >= 0.3 is 0 Å². The van der Waals surface area contributed by atoms with E-state index >= 15 is 0 Å². The molecular formula is C25H22N2O5. The molecule has 0 radical (unpaired) electrons. The summed E-state index contributed by atoms with van der Waals surface area (Å²) in [6, 6.07) is 16.7. The maximum atomic E-state index is 13.1. The van der Waals surface area contributed by atoms with E-state index in [-0.39, 0.29) is 17.9 Å². The molecule has 1 N–H and O–H groups in total. The van der Waals surface area contributed by atoms with Crippen molar-refractivity contribution >= 4 is 17.4 Å². The van der Waals surface area contributed by atoms with Crippen molar-refractivity contribution in [3.63, 3.8) is 0 Å². The minimum Gasteiger partial charge on any atom is -0.507 e. The van der Waals surface area contributed by atoms with E-state index in [2.05, 4.69) is 4.98 Å². The van der Waals surface area contributed by atoms with Crippen molar-refractivity contribution in [3.8, 4) is 11.5 Å². The van der Waals surface area contributed by atoms with Gasteiger partial charge < -0.3 is 19.5 Å². The summed E-state index contributed by atoms with van der Waals surface area (Å²) in [6.45, 7) is 0.187. The van der Waals surface area contributed by atoms with E-state index in [1.54, 1.807) is 80.2 Å². The number of methoxy groups -OCH3 is 2. The van der Waals surface area contributed by atoms with Gasteiger partial charge in [-0.05, 0) is 47.5 Å². The Balaban J connectivity index is 1.88. The molecule has 1 aromatic heterocycles. The molecule has 0 spiro atoms. The SMILES string of the molecule is COc1ccc(C2/C(=C(/O)c3ccccc3OC)C(=O)C(=O)N2Cc2ccncc2)cc1. The fraction of sp³-hybridized carbons (Fsp3) is 0.160. The van der Waals surface area contributed by atoms with E-state index in [0.29, 0.717) is 22.6 Å². The van der Waals surface area contributed by atoms with Gasteiger partial charge in [-0.15, -0.1) is 0 Å². The molecule has 0 aliphatic carbocycles. The molecule has 1 aliphatic rings. The fourth-order valence-corrected chi connectivity index (χ4v) is 3.85. The smallest absolute Gasteiger partial charge is 0.295 e. The van der Waals surface area contributed by atoms with E-state index in [9.17, 15) is 14.7 Å². The summed E-state index contributed by atoms with van der Waals surface area (Å²) in [7, 11) is 3.04.